The maximum Gasteiger partial charge on any atom is 0.358 e. The first-order chi connectivity index (χ1) is 13.8. The van der Waals surface area contributed by atoms with E-state index in [9.17, 15) is 9.59 Å². The standard InChI is InChI=1S/C20H21N3O5S/c1-10(2)15(22-17(24)12-7-5-6-8-14(12)27-4)19-21-13(9-29-19)18-23-16(20(25)26)11(3)28-18/h5-10,15H,1-4H3,(H,22,24)(H,25,26)/t15-/m0/s1. The van der Waals surface area contributed by atoms with Gasteiger partial charge in [0.2, 0.25) is 5.89 Å². The molecule has 3 rings (SSSR count). The van der Waals surface area contributed by atoms with E-state index in [1.807, 2.05) is 13.8 Å². The van der Waals surface area contributed by atoms with Crippen molar-refractivity contribution in [2.24, 2.45) is 5.92 Å². The van der Waals surface area contributed by atoms with Gasteiger partial charge in [-0.05, 0) is 25.0 Å². The number of thiazole rings is 1. The zero-order chi connectivity index (χ0) is 21.1. The van der Waals surface area contributed by atoms with Gasteiger partial charge >= 0.3 is 5.97 Å². The van der Waals surface area contributed by atoms with Crippen LogP contribution in [-0.4, -0.2) is 34.1 Å². The Morgan fingerprint density at radius 3 is 2.59 bits per heavy atom. The third-order valence-electron chi connectivity index (χ3n) is 4.31. The first-order valence-electron chi connectivity index (χ1n) is 8.92. The molecule has 0 bridgehead atoms. The van der Waals surface area contributed by atoms with Crippen LogP contribution in [0, 0.1) is 12.8 Å². The van der Waals surface area contributed by atoms with E-state index in [1.165, 1.54) is 25.4 Å². The summed E-state index contributed by atoms with van der Waals surface area (Å²) in [4.78, 5) is 32.5. The Hall–Kier alpha value is -3.20. The molecular weight excluding hydrogens is 394 g/mol. The van der Waals surface area contributed by atoms with Crippen molar-refractivity contribution >= 4 is 23.2 Å². The molecule has 2 heterocycles. The number of aromatic nitrogens is 2. The molecule has 0 aliphatic heterocycles. The third-order valence-corrected chi connectivity index (χ3v) is 5.24. The van der Waals surface area contributed by atoms with E-state index >= 15 is 0 Å². The number of carboxylic acids is 1. The van der Waals surface area contributed by atoms with E-state index in [1.54, 1.807) is 29.6 Å². The second-order valence-corrected chi connectivity index (χ2v) is 7.59. The third kappa shape index (κ3) is 4.29. The van der Waals surface area contributed by atoms with Gasteiger partial charge in [0.15, 0.2) is 5.69 Å². The Bertz CT molecular complexity index is 1040. The molecule has 2 N–H and O–H groups in total. The fourth-order valence-electron chi connectivity index (χ4n) is 2.80. The Morgan fingerprint density at radius 1 is 1.24 bits per heavy atom. The van der Waals surface area contributed by atoms with Crippen LogP contribution in [0.3, 0.4) is 0 Å². The maximum atomic E-state index is 12.8. The Kier molecular flexibility index (Phi) is 5.97. The molecule has 0 saturated carbocycles. The molecule has 0 spiro atoms. The van der Waals surface area contributed by atoms with Gasteiger partial charge in [-0.2, -0.15) is 0 Å². The number of amides is 1. The lowest BCUT2D eigenvalue weighted by atomic mass is 10.0. The number of para-hydroxylation sites is 1. The SMILES string of the molecule is COc1ccccc1C(=O)N[C@H](c1nc(-c2nc(C(=O)O)c(C)o2)cs1)C(C)C. The van der Waals surface area contributed by atoms with Crippen LogP contribution in [0.15, 0.2) is 34.1 Å². The largest absolute Gasteiger partial charge is 0.496 e. The van der Waals surface area contributed by atoms with Crippen LogP contribution >= 0.6 is 11.3 Å². The van der Waals surface area contributed by atoms with Crippen molar-refractivity contribution in [1.29, 1.82) is 0 Å². The number of aromatic carboxylic acids is 1. The number of nitrogens with one attached hydrogen (secondary N) is 1. The van der Waals surface area contributed by atoms with Crippen LogP contribution in [0.1, 0.15) is 51.5 Å². The van der Waals surface area contributed by atoms with E-state index in [-0.39, 0.29) is 35.2 Å². The van der Waals surface area contributed by atoms with Crippen LogP contribution in [-0.2, 0) is 0 Å². The minimum absolute atomic E-state index is 0.0635. The fourth-order valence-corrected chi connectivity index (χ4v) is 3.81. The van der Waals surface area contributed by atoms with Gasteiger partial charge in [0.05, 0.1) is 18.7 Å². The Balaban J connectivity index is 1.86. The number of nitrogens with zero attached hydrogens (tertiary/aromatic N) is 2. The predicted octanol–water partition coefficient (Wildman–Crippen LogP) is 3.94. The summed E-state index contributed by atoms with van der Waals surface area (Å²) < 4.78 is 10.7. The van der Waals surface area contributed by atoms with Crippen molar-refractivity contribution in [3.05, 3.63) is 51.7 Å². The molecule has 1 aromatic carbocycles. The smallest absolute Gasteiger partial charge is 0.358 e. The number of benzene rings is 1. The quantitative estimate of drug-likeness (QED) is 0.600. The van der Waals surface area contributed by atoms with Crippen molar-refractivity contribution in [2.75, 3.05) is 7.11 Å². The molecule has 1 atom stereocenters. The van der Waals surface area contributed by atoms with Crippen molar-refractivity contribution in [3.8, 4) is 17.3 Å². The molecule has 3 aromatic rings. The van der Waals surface area contributed by atoms with Crippen molar-refractivity contribution in [1.82, 2.24) is 15.3 Å². The molecule has 2 aromatic heterocycles. The summed E-state index contributed by atoms with van der Waals surface area (Å²) in [5.74, 6) is -0.514. The summed E-state index contributed by atoms with van der Waals surface area (Å²) in [6, 6.07) is 6.65. The van der Waals surface area contributed by atoms with E-state index in [0.717, 1.165) is 0 Å². The highest BCUT2D eigenvalue weighted by Gasteiger charge is 2.25. The van der Waals surface area contributed by atoms with Crippen molar-refractivity contribution in [3.63, 3.8) is 0 Å². The highest BCUT2D eigenvalue weighted by Crippen LogP contribution is 2.30. The highest BCUT2D eigenvalue weighted by molar-refractivity contribution is 7.10. The second kappa shape index (κ2) is 8.44. The normalized spacial score (nSPS) is 12.0. The van der Waals surface area contributed by atoms with E-state index in [0.29, 0.717) is 22.0 Å². The number of methoxy groups -OCH3 is 1. The molecule has 0 fully saturated rings. The summed E-state index contributed by atoms with van der Waals surface area (Å²) in [6.45, 7) is 5.50. The second-order valence-electron chi connectivity index (χ2n) is 6.70. The van der Waals surface area contributed by atoms with Crippen LogP contribution < -0.4 is 10.1 Å². The lowest BCUT2D eigenvalue weighted by molar-refractivity contribution is 0.0689. The summed E-state index contributed by atoms with van der Waals surface area (Å²) in [6.07, 6.45) is 0. The summed E-state index contributed by atoms with van der Waals surface area (Å²) in [7, 11) is 1.52. The number of aryl methyl sites for hydroxylation is 1. The van der Waals surface area contributed by atoms with Gasteiger partial charge in [-0.25, -0.2) is 14.8 Å². The Labute approximate surface area is 171 Å². The molecule has 9 heteroatoms. The maximum absolute atomic E-state index is 12.8. The van der Waals surface area contributed by atoms with E-state index < -0.39 is 5.97 Å². The van der Waals surface area contributed by atoms with Gasteiger partial charge in [-0.1, -0.05) is 26.0 Å². The average molecular weight is 415 g/mol. The summed E-state index contributed by atoms with van der Waals surface area (Å²) in [5.41, 5.74) is 0.726. The molecule has 8 nitrogen and oxygen atoms in total. The predicted molar refractivity (Wildman–Crippen MR) is 107 cm³/mol. The van der Waals surface area contributed by atoms with E-state index in [2.05, 4.69) is 15.3 Å². The molecule has 1 amide bonds. The van der Waals surface area contributed by atoms with Gasteiger partial charge in [-0.3, -0.25) is 4.79 Å². The molecule has 0 aliphatic rings. The number of hydrogen-bond acceptors (Lipinski definition) is 7. The van der Waals surface area contributed by atoms with Crippen LogP contribution in [0.5, 0.6) is 5.75 Å². The van der Waals surface area contributed by atoms with Crippen LogP contribution in [0.25, 0.3) is 11.6 Å². The average Bonchev–Trinajstić information content (AvgIpc) is 3.32. The van der Waals surface area contributed by atoms with Crippen LogP contribution in [0.4, 0.5) is 0 Å². The fraction of sp³-hybridized carbons (Fsp3) is 0.300. The summed E-state index contributed by atoms with van der Waals surface area (Å²) in [5, 5.41) is 14.6. The van der Waals surface area contributed by atoms with Gasteiger partial charge in [0, 0.05) is 5.38 Å². The zero-order valence-electron chi connectivity index (χ0n) is 16.4. The number of carbonyl (C=O) groups is 2. The topological polar surface area (TPSA) is 115 Å². The van der Waals surface area contributed by atoms with Gasteiger partial charge in [-0.15, -0.1) is 11.3 Å². The van der Waals surface area contributed by atoms with Gasteiger partial charge in [0.25, 0.3) is 5.91 Å². The lowest BCUT2D eigenvalue weighted by Crippen LogP contribution is -2.32. The van der Waals surface area contributed by atoms with Gasteiger partial charge in [0.1, 0.15) is 22.2 Å². The first kappa shape index (κ1) is 20.5. The zero-order valence-corrected chi connectivity index (χ0v) is 17.2. The lowest BCUT2D eigenvalue weighted by Gasteiger charge is -2.20. The first-order valence-corrected chi connectivity index (χ1v) is 9.80. The van der Waals surface area contributed by atoms with Gasteiger partial charge < -0.3 is 19.6 Å². The van der Waals surface area contributed by atoms with E-state index in [4.69, 9.17) is 14.3 Å². The molecule has 0 unspecified atom stereocenters. The molecule has 29 heavy (non-hydrogen) atoms. The monoisotopic (exact) mass is 415 g/mol. The number of oxazole rings is 1. The van der Waals surface area contributed by atoms with Crippen molar-refractivity contribution < 1.29 is 23.8 Å². The number of ether oxygens (including phenoxy) is 1. The number of rotatable bonds is 7. The molecule has 152 valence electrons. The van der Waals surface area contributed by atoms with Crippen LogP contribution in [0.2, 0.25) is 0 Å². The summed E-state index contributed by atoms with van der Waals surface area (Å²) >= 11 is 1.35. The highest BCUT2D eigenvalue weighted by atomic mass is 32.1. The minimum Gasteiger partial charge on any atom is -0.496 e. The number of carbonyl (C=O) groups excluding carboxylic acids is 1. The minimum atomic E-state index is -1.16. The molecular formula is C20H21N3O5S. The molecule has 0 saturated heterocycles. The Morgan fingerprint density at radius 2 is 1.97 bits per heavy atom. The number of hydrogen-bond donors (Lipinski definition) is 2. The molecule has 0 aliphatic carbocycles. The number of carboxylic acid groups (broad SMARTS) is 1. The molecule has 0 radical (unpaired) electrons. The van der Waals surface area contributed by atoms with Crippen molar-refractivity contribution in [2.45, 2.75) is 26.8 Å².